The van der Waals surface area contributed by atoms with Gasteiger partial charge in [-0.3, -0.25) is 4.79 Å². The van der Waals surface area contributed by atoms with Gasteiger partial charge in [-0.2, -0.15) is 0 Å². The molecule has 0 atom stereocenters. The van der Waals surface area contributed by atoms with Crippen molar-refractivity contribution in [2.24, 2.45) is 0 Å². The second-order valence-corrected chi connectivity index (χ2v) is 5.13. The number of carbonyl (C=O) groups is 2. The monoisotopic (exact) mass is 327 g/mol. The molecule has 0 saturated carbocycles. The lowest BCUT2D eigenvalue weighted by molar-refractivity contribution is 0.0732. The second-order valence-electron chi connectivity index (χ2n) is 5.13. The highest BCUT2D eigenvalue weighted by Crippen LogP contribution is 2.13. The average molecular weight is 327 g/mol. The Hall–Kier alpha value is -2.86. The molecule has 0 bridgehead atoms. The molecule has 2 aromatic carbocycles. The van der Waals surface area contributed by atoms with E-state index in [1.807, 2.05) is 25.1 Å². The number of hydrogen-bond acceptors (Lipinski definition) is 3. The molecule has 0 aromatic heterocycles. The normalized spacial score (nSPS) is 10.1. The molecule has 3 amide bonds. The molecule has 2 aromatic rings. The smallest absolute Gasteiger partial charge is 0.323 e. The van der Waals surface area contributed by atoms with Crippen molar-refractivity contribution >= 4 is 23.3 Å². The predicted octanol–water partition coefficient (Wildman–Crippen LogP) is 2.79. The maximum absolute atomic E-state index is 12.3. The minimum Gasteiger partial charge on any atom is -0.395 e. The quantitative estimate of drug-likeness (QED) is 0.763. The Balaban J connectivity index is 1.96. The molecule has 0 aliphatic rings. The van der Waals surface area contributed by atoms with E-state index in [0.29, 0.717) is 30.0 Å². The molecule has 6 heteroatoms. The Labute approximate surface area is 141 Å². The summed E-state index contributed by atoms with van der Waals surface area (Å²) < 4.78 is 0. The standard InChI is InChI=1S/C18H21N3O3/c1-2-21(12-13-22)17(23)14-8-10-16(11-9-14)20-18(24)19-15-6-4-3-5-7-15/h3-11,22H,2,12-13H2,1H3,(H2,19,20,24). The number of benzene rings is 2. The van der Waals surface area contributed by atoms with E-state index in [1.54, 1.807) is 41.3 Å². The van der Waals surface area contributed by atoms with Gasteiger partial charge in [0.2, 0.25) is 0 Å². The molecule has 0 aliphatic carbocycles. The van der Waals surface area contributed by atoms with Crippen LogP contribution >= 0.6 is 0 Å². The number of para-hydroxylation sites is 1. The number of aliphatic hydroxyl groups is 1. The van der Waals surface area contributed by atoms with Crippen molar-refractivity contribution in [1.82, 2.24) is 4.90 Å². The number of likely N-dealkylation sites (N-methyl/N-ethyl adjacent to an activating group) is 1. The van der Waals surface area contributed by atoms with Crippen molar-refractivity contribution in [2.75, 3.05) is 30.3 Å². The van der Waals surface area contributed by atoms with Crippen LogP contribution in [0.1, 0.15) is 17.3 Å². The molecule has 24 heavy (non-hydrogen) atoms. The molecule has 126 valence electrons. The number of nitrogens with one attached hydrogen (secondary N) is 2. The first-order valence-electron chi connectivity index (χ1n) is 7.77. The lowest BCUT2D eigenvalue weighted by Crippen LogP contribution is -2.33. The second kappa shape index (κ2) is 8.69. The Morgan fingerprint density at radius 2 is 1.54 bits per heavy atom. The minimum absolute atomic E-state index is 0.0706. The molecular weight excluding hydrogens is 306 g/mol. The summed E-state index contributed by atoms with van der Waals surface area (Å²) in [5.74, 6) is -0.146. The van der Waals surface area contributed by atoms with Crippen molar-refractivity contribution in [2.45, 2.75) is 6.92 Å². The number of aliphatic hydroxyl groups excluding tert-OH is 1. The van der Waals surface area contributed by atoms with E-state index < -0.39 is 0 Å². The molecule has 0 aliphatic heterocycles. The lowest BCUT2D eigenvalue weighted by atomic mass is 10.2. The fraction of sp³-hybridized carbons (Fsp3) is 0.222. The summed E-state index contributed by atoms with van der Waals surface area (Å²) in [5, 5.41) is 14.4. The van der Waals surface area contributed by atoms with Crippen LogP contribution in [0.5, 0.6) is 0 Å². The van der Waals surface area contributed by atoms with Gasteiger partial charge in [0.25, 0.3) is 5.91 Å². The number of anilines is 2. The summed E-state index contributed by atoms with van der Waals surface area (Å²) in [6, 6.07) is 15.4. The van der Waals surface area contributed by atoms with Gasteiger partial charge in [-0.05, 0) is 43.3 Å². The van der Waals surface area contributed by atoms with Crippen LogP contribution in [0.25, 0.3) is 0 Å². The van der Waals surface area contributed by atoms with Gasteiger partial charge < -0.3 is 20.6 Å². The first kappa shape index (κ1) is 17.5. The fourth-order valence-corrected chi connectivity index (χ4v) is 2.22. The molecule has 6 nitrogen and oxygen atoms in total. The summed E-state index contributed by atoms with van der Waals surface area (Å²) in [7, 11) is 0. The number of urea groups is 1. The molecule has 0 fully saturated rings. The Kier molecular flexibility index (Phi) is 6.33. The van der Waals surface area contributed by atoms with E-state index in [1.165, 1.54) is 0 Å². The van der Waals surface area contributed by atoms with Gasteiger partial charge in [0.15, 0.2) is 0 Å². The van der Waals surface area contributed by atoms with E-state index >= 15 is 0 Å². The van der Waals surface area contributed by atoms with Crippen molar-refractivity contribution in [3.8, 4) is 0 Å². The first-order valence-corrected chi connectivity index (χ1v) is 7.77. The largest absolute Gasteiger partial charge is 0.395 e. The highest BCUT2D eigenvalue weighted by molar-refractivity contribution is 6.00. The van der Waals surface area contributed by atoms with Crippen LogP contribution in [0.4, 0.5) is 16.2 Å². The zero-order valence-electron chi connectivity index (χ0n) is 13.5. The summed E-state index contributed by atoms with van der Waals surface area (Å²) in [6.07, 6.45) is 0. The third-order valence-corrected chi connectivity index (χ3v) is 3.46. The molecule has 0 heterocycles. The topological polar surface area (TPSA) is 81.7 Å². The van der Waals surface area contributed by atoms with Crippen LogP contribution in [-0.4, -0.2) is 41.6 Å². The zero-order chi connectivity index (χ0) is 17.4. The van der Waals surface area contributed by atoms with Crippen LogP contribution in [0, 0.1) is 0 Å². The van der Waals surface area contributed by atoms with Crippen LogP contribution < -0.4 is 10.6 Å². The number of hydrogen-bond donors (Lipinski definition) is 3. The van der Waals surface area contributed by atoms with Gasteiger partial charge in [-0.15, -0.1) is 0 Å². The molecular formula is C18H21N3O3. The van der Waals surface area contributed by atoms with E-state index in [-0.39, 0.29) is 18.5 Å². The van der Waals surface area contributed by atoms with Crippen LogP contribution in [-0.2, 0) is 0 Å². The van der Waals surface area contributed by atoms with E-state index in [2.05, 4.69) is 10.6 Å². The van der Waals surface area contributed by atoms with E-state index in [9.17, 15) is 9.59 Å². The first-order chi connectivity index (χ1) is 11.6. The molecule has 0 spiro atoms. The van der Waals surface area contributed by atoms with Crippen molar-refractivity contribution in [3.63, 3.8) is 0 Å². The van der Waals surface area contributed by atoms with E-state index in [4.69, 9.17) is 5.11 Å². The van der Waals surface area contributed by atoms with E-state index in [0.717, 1.165) is 0 Å². The molecule has 2 rings (SSSR count). The van der Waals surface area contributed by atoms with Crippen molar-refractivity contribution < 1.29 is 14.7 Å². The number of amides is 3. The number of rotatable bonds is 6. The van der Waals surface area contributed by atoms with Gasteiger partial charge in [0, 0.05) is 30.0 Å². The van der Waals surface area contributed by atoms with Gasteiger partial charge in [0.1, 0.15) is 0 Å². The summed E-state index contributed by atoms with van der Waals surface area (Å²) in [5.41, 5.74) is 1.80. The highest BCUT2D eigenvalue weighted by Gasteiger charge is 2.13. The Bertz CT molecular complexity index is 672. The number of nitrogens with zero attached hydrogens (tertiary/aromatic N) is 1. The average Bonchev–Trinajstić information content (AvgIpc) is 2.60. The number of carbonyl (C=O) groups excluding carboxylic acids is 2. The van der Waals surface area contributed by atoms with Crippen LogP contribution in [0.3, 0.4) is 0 Å². The van der Waals surface area contributed by atoms with Crippen molar-refractivity contribution in [3.05, 3.63) is 60.2 Å². The SMILES string of the molecule is CCN(CCO)C(=O)c1ccc(NC(=O)Nc2ccccc2)cc1. The van der Waals surface area contributed by atoms with Crippen LogP contribution in [0.15, 0.2) is 54.6 Å². The maximum Gasteiger partial charge on any atom is 0.323 e. The third kappa shape index (κ3) is 4.82. The summed E-state index contributed by atoms with van der Waals surface area (Å²) >= 11 is 0. The van der Waals surface area contributed by atoms with Gasteiger partial charge >= 0.3 is 6.03 Å². The molecule has 3 N–H and O–H groups in total. The summed E-state index contributed by atoms with van der Waals surface area (Å²) in [4.78, 5) is 25.7. The van der Waals surface area contributed by atoms with Gasteiger partial charge in [-0.1, -0.05) is 18.2 Å². The Morgan fingerprint density at radius 1 is 0.958 bits per heavy atom. The maximum atomic E-state index is 12.3. The Morgan fingerprint density at radius 3 is 2.08 bits per heavy atom. The van der Waals surface area contributed by atoms with Crippen LogP contribution in [0.2, 0.25) is 0 Å². The minimum atomic E-state index is -0.351. The van der Waals surface area contributed by atoms with Gasteiger partial charge in [-0.25, -0.2) is 4.79 Å². The molecule has 0 radical (unpaired) electrons. The zero-order valence-corrected chi connectivity index (χ0v) is 13.5. The molecule has 0 saturated heterocycles. The van der Waals surface area contributed by atoms with Crippen molar-refractivity contribution in [1.29, 1.82) is 0 Å². The summed E-state index contributed by atoms with van der Waals surface area (Å²) in [6.45, 7) is 2.62. The highest BCUT2D eigenvalue weighted by atomic mass is 16.3. The van der Waals surface area contributed by atoms with Gasteiger partial charge in [0.05, 0.1) is 6.61 Å². The lowest BCUT2D eigenvalue weighted by Gasteiger charge is -2.19. The predicted molar refractivity (Wildman–Crippen MR) is 94.2 cm³/mol. The third-order valence-electron chi connectivity index (χ3n) is 3.46. The fourth-order valence-electron chi connectivity index (χ4n) is 2.22. The molecule has 0 unspecified atom stereocenters.